The van der Waals surface area contributed by atoms with Crippen LogP contribution in [0.15, 0.2) is 133 Å². The van der Waals surface area contributed by atoms with Gasteiger partial charge in [0.2, 0.25) is 10.0 Å². The van der Waals surface area contributed by atoms with Crippen molar-refractivity contribution in [2.75, 3.05) is 30.6 Å². The highest BCUT2D eigenvalue weighted by Gasteiger charge is 2.39. The van der Waals surface area contributed by atoms with Gasteiger partial charge in [-0.15, -0.1) is 0 Å². The molecule has 0 aromatic heterocycles. The Hall–Kier alpha value is -4.71. The Morgan fingerprint density at radius 2 is 1.23 bits per heavy atom. The van der Waals surface area contributed by atoms with Crippen LogP contribution in [0.1, 0.15) is 145 Å². The smallest absolute Gasteiger partial charge is 0.229 e. The normalized spacial score (nSPS) is 13.3. The summed E-state index contributed by atoms with van der Waals surface area (Å²) in [5.74, 6) is 1.64. The minimum Gasteiger partial charge on any atom is -0.489 e. The predicted octanol–water partition coefficient (Wildman–Crippen LogP) is 15.0. The largest absolute Gasteiger partial charge is 0.489 e. The van der Waals surface area contributed by atoms with E-state index in [-0.39, 0.29) is 17.1 Å². The fourth-order valence-electron chi connectivity index (χ4n) is 8.71. The molecule has 0 bridgehead atoms. The van der Waals surface area contributed by atoms with Gasteiger partial charge in [0.1, 0.15) is 24.7 Å². The summed E-state index contributed by atoms with van der Waals surface area (Å²) in [4.78, 5) is 2.59. The molecule has 2 atom stereocenters. The van der Waals surface area contributed by atoms with Crippen LogP contribution in [0.5, 0.6) is 11.5 Å². The molecule has 0 saturated heterocycles. The Balaban J connectivity index is 1.14. The van der Waals surface area contributed by atoms with Crippen molar-refractivity contribution in [2.45, 2.75) is 155 Å². The molecule has 0 saturated carbocycles. The van der Waals surface area contributed by atoms with Crippen molar-refractivity contribution in [1.82, 2.24) is 10.2 Å². The van der Waals surface area contributed by atoms with Crippen LogP contribution in [0.2, 0.25) is 18.1 Å². The number of nitrogens with one attached hydrogen (secondary N) is 2. The van der Waals surface area contributed by atoms with Gasteiger partial charge in [0.25, 0.3) is 0 Å². The van der Waals surface area contributed by atoms with Crippen molar-refractivity contribution < 1.29 is 22.3 Å². The van der Waals surface area contributed by atoms with E-state index in [0.29, 0.717) is 43.3 Å². The summed E-state index contributed by atoms with van der Waals surface area (Å²) in [6, 6.07) is 44.7. The third kappa shape index (κ3) is 18.8. The maximum Gasteiger partial charge on any atom is 0.229 e. The number of hydrogen-bond donors (Lipinski definition) is 2. The Morgan fingerprint density at radius 1 is 0.671 bits per heavy atom. The number of anilines is 1. The summed E-state index contributed by atoms with van der Waals surface area (Å²) in [6.45, 7) is 23.8. The number of ether oxygens (including phenoxy) is 2. The quantitative estimate of drug-likeness (QED) is 0.0350. The SMILES string of the molecule is CC(C)N(CC[C@H](c1ccccc1)c1cc(/C=C/CCCCCCCCNC[C@H](O[Si](C)(C)C(C)(C)C)c2ccc(OCc3ccccc3)c(NS(C)(=O)=O)c2)ccc1OCc1ccccc1)C(C)C. The van der Waals surface area contributed by atoms with Gasteiger partial charge in [-0.1, -0.05) is 162 Å². The van der Waals surface area contributed by atoms with E-state index in [1.807, 2.05) is 54.6 Å². The zero-order valence-corrected chi connectivity index (χ0v) is 46.0. The van der Waals surface area contributed by atoms with Crippen LogP contribution in [0.25, 0.3) is 6.08 Å². The van der Waals surface area contributed by atoms with Crippen molar-refractivity contribution in [3.05, 3.63) is 167 Å². The van der Waals surface area contributed by atoms with E-state index in [1.165, 1.54) is 60.6 Å². The molecular weight excluding hydrogens is 903 g/mol. The molecule has 0 heterocycles. The lowest BCUT2D eigenvalue weighted by Crippen LogP contribution is -2.43. The average molecular weight is 989 g/mol. The van der Waals surface area contributed by atoms with Crippen LogP contribution in [0.3, 0.4) is 0 Å². The molecule has 2 N–H and O–H groups in total. The maximum atomic E-state index is 12.5. The molecule has 5 rings (SSSR count). The van der Waals surface area contributed by atoms with Gasteiger partial charge in [0.05, 0.1) is 18.0 Å². The van der Waals surface area contributed by atoms with Crippen LogP contribution < -0.4 is 19.5 Å². The molecular formula is C60H85N3O5SSi. The van der Waals surface area contributed by atoms with E-state index in [0.717, 1.165) is 49.2 Å². The summed E-state index contributed by atoms with van der Waals surface area (Å²) in [5.41, 5.74) is 7.29. The summed E-state index contributed by atoms with van der Waals surface area (Å²) in [7, 11) is -5.73. The second-order valence-electron chi connectivity index (χ2n) is 21.0. The van der Waals surface area contributed by atoms with Gasteiger partial charge >= 0.3 is 0 Å². The lowest BCUT2D eigenvalue weighted by molar-refractivity contribution is 0.170. The highest BCUT2D eigenvalue weighted by atomic mass is 32.2. The Morgan fingerprint density at radius 3 is 1.81 bits per heavy atom. The van der Waals surface area contributed by atoms with Gasteiger partial charge in [-0.25, -0.2) is 8.42 Å². The third-order valence-electron chi connectivity index (χ3n) is 13.6. The molecule has 0 fully saturated rings. The van der Waals surface area contributed by atoms with Crippen LogP contribution in [0, 0.1) is 0 Å². The molecule has 5 aromatic rings. The van der Waals surface area contributed by atoms with E-state index in [2.05, 4.69) is 161 Å². The summed E-state index contributed by atoms with van der Waals surface area (Å²) >= 11 is 0. The van der Waals surface area contributed by atoms with E-state index in [1.54, 1.807) is 0 Å². The first-order valence-corrected chi connectivity index (χ1v) is 30.6. The molecule has 380 valence electrons. The van der Waals surface area contributed by atoms with Crippen molar-refractivity contribution >= 4 is 30.1 Å². The highest BCUT2D eigenvalue weighted by Crippen LogP contribution is 2.41. The number of allylic oxidation sites excluding steroid dienone is 1. The van der Waals surface area contributed by atoms with Gasteiger partial charge in [-0.05, 0) is 137 Å². The molecule has 70 heavy (non-hydrogen) atoms. The lowest BCUT2D eigenvalue weighted by Gasteiger charge is -2.39. The minimum atomic E-state index is -3.55. The number of rotatable bonds is 30. The number of nitrogens with zero attached hydrogens (tertiary/aromatic N) is 1. The standard InChI is InChI=1S/C60H85N3O5SSi/c1-47(2)63(48(3)4)41-39-54(52-33-25-19-26-34-52)55-42-49(35-37-57(55)66-45-50-29-21-17-22-30-50)28-20-15-13-11-12-14-16-27-40-61-44-59(68-70(9,10)60(5,6)7)53-36-38-58(56(43-53)62-69(8,64)65)67-46-51-31-23-18-24-32-51/h17-26,28-38,42-43,47-48,54,59,61-62H,11-16,27,39-41,44-46H2,1-10H3/b28-20+/t54-,59+/m1/s1. The maximum absolute atomic E-state index is 12.5. The predicted molar refractivity (Wildman–Crippen MR) is 298 cm³/mol. The second kappa shape index (κ2) is 27.8. The number of sulfonamides is 1. The molecule has 0 aliphatic rings. The monoisotopic (exact) mass is 988 g/mol. The number of unbranched alkanes of at least 4 members (excludes halogenated alkanes) is 6. The number of benzene rings is 5. The summed E-state index contributed by atoms with van der Waals surface area (Å²) < 4.78 is 47.4. The zero-order chi connectivity index (χ0) is 50.6. The zero-order valence-electron chi connectivity index (χ0n) is 44.2. The Bertz CT molecular complexity index is 2410. The molecule has 10 heteroatoms. The first-order valence-electron chi connectivity index (χ1n) is 25.8. The van der Waals surface area contributed by atoms with E-state index in [4.69, 9.17) is 13.9 Å². The fraction of sp³-hybridized carbons (Fsp3) is 0.467. The minimum absolute atomic E-state index is 0.0101. The van der Waals surface area contributed by atoms with Gasteiger partial charge in [-0.2, -0.15) is 0 Å². The van der Waals surface area contributed by atoms with Crippen molar-refractivity contribution in [3.8, 4) is 11.5 Å². The Labute approximate surface area is 424 Å². The van der Waals surface area contributed by atoms with E-state index < -0.39 is 18.3 Å². The molecule has 0 aliphatic heterocycles. The van der Waals surface area contributed by atoms with Crippen LogP contribution in [-0.4, -0.2) is 59.6 Å². The summed E-state index contributed by atoms with van der Waals surface area (Å²) in [6.07, 6.45) is 14.7. The van der Waals surface area contributed by atoms with Gasteiger partial charge in [-0.3, -0.25) is 9.62 Å². The van der Waals surface area contributed by atoms with Gasteiger partial charge < -0.3 is 19.2 Å². The second-order valence-corrected chi connectivity index (χ2v) is 27.5. The van der Waals surface area contributed by atoms with Crippen LogP contribution in [0.4, 0.5) is 5.69 Å². The van der Waals surface area contributed by atoms with Gasteiger partial charge in [0, 0.05) is 30.1 Å². The highest BCUT2D eigenvalue weighted by molar-refractivity contribution is 7.92. The molecule has 0 spiro atoms. The van der Waals surface area contributed by atoms with Crippen molar-refractivity contribution in [2.24, 2.45) is 0 Å². The fourth-order valence-corrected chi connectivity index (χ4v) is 10.6. The van der Waals surface area contributed by atoms with Crippen LogP contribution >= 0.6 is 0 Å². The molecule has 0 unspecified atom stereocenters. The molecule has 8 nitrogen and oxygen atoms in total. The van der Waals surface area contributed by atoms with Crippen LogP contribution in [-0.2, 0) is 27.7 Å². The Kier molecular flexibility index (Phi) is 22.3. The topological polar surface area (TPSA) is 89.1 Å². The van der Waals surface area contributed by atoms with Gasteiger partial charge in [0.15, 0.2) is 8.32 Å². The first kappa shape index (κ1) is 56.2. The van der Waals surface area contributed by atoms with Crippen molar-refractivity contribution in [3.63, 3.8) is 0 Å². The molecule has 0 amide bonds. The number of hydrogen-bond acceptors (Lipinski definition) is 7. The molecule has 0 aliphatic carbocycles. The lowest BCUT2D eigenvalue weighted by atomic mass is 9.86. The molecule has 0 radical (unpaired) electrons. The van der Waals surface area contributed by atoms with Crippen molar-refractivity contribution in [1.29, 1.82) is 0 Å². The van der Waals surface area contributed by atoms with E-state index >= 15 is 0 Å². The summed E-state index contributed by atoms with van der Waals surface area (Å²) in [5, 5.41) is 3.70. The third-order valence-corrected chi connectivity index (χ3v) is 18.7. The van der Waals surface area contributed by atoms with E-state index in [9.17, 15) is 8.42 Å². The molecule has 5 aromatic carbocycles. The first-order chi connectivity index (χ1) is 33.4. The average Bonchev–Trinajstić information content (AvgIpc) is 3.31.